The number of carbonyl (C=O) groups excluding carboxylic acids is 1. The largest absolute Gasteiger partial charge is 0.362 e. The summed E-state index contributed by atoms with van der Waals surface area (Å²) < 4.78 is 1.03. The number of carbonyl (C=O) groups is 1. The van der Waals surface area contributed by atoms with E-state index in [0.29, 0.717) is 0 Å². The van der Waals surface area contributed by atoms with Crippen LogP contribution in [-0.4, -0.2) is 5.78 Å². The first-order chi connectivity index (χ1) is 11.2. The lowest BCUT2D eigenvalue weighted by Gasteiger charge is -2.02. The van der Waals surface area contributed by atoms with Crippen LogP contribution in [-0.2, 0) is 6.42 Å². The molecule has 0 saturated heterocycles. The van der Waals surface area contributed by atoms with Gasteiger partial charge in [0, 0.05) is 28.0 Å². The van der Waals surface area contributed by atoms with Crippen molar-refractivity contribution in [3.8, 4) is 0 Å². The molecule has 3 heteroatoms. The quantitative estimate of drug-likeness (QED) is 0.350. The van der Waals surface area contributed by atoms with Crippen LogP contribution in [0.5, 0.6) is 0 Å². The van der Waals surface area contributed by atoms with Gasteiger partial charge in [-0.2, -0.15) is 0 Å². The van der Waals surface area contributed by atoms with Crippen LogP contribution in [0.4, 0.5) is 5.69 Å². The summed E-state index contributed by atoms with van der Waals surface area (Å²) >= 11 is 3.39. The monoisotopic (exact) mass is 371 g/mol. The van der Waals surface area contributed by atoms with E-state index >= 15 is 0 Å². The van der Waals surface area contributed by atoms with E-state index in [2.05, 4.69) is 40.3 Å². The minimum Gasteiger partial charge on any atom is -0.362 e. The summed E-state index contributed by atoms with van der Waals surface area (Å²) in [6, 6.07) is 15.7. The predicted molar refractivity (Wildman–Crippen MR) is 101 cm³/mol. The molecular weight excluding hydrogens is 350 g/mol. The molecular formula is C20H22BrNO. The average molecular weight is 372 g/mol. The van der Waals surface area contributed by atoms with Crippen LogP contribution in [0.1, 0.15) is 42.1 Å². The topological polar surface area (TPSA) is 29.1 Å². The molecule has 2 nitrogen and oxygen atoms in total. The van der Waals surface area contributed by atoms with E-state index in [9.17, 15) is 4.79 Å². The molecule has 23 heavy (non-hydrogen) atoms. The number of benzene rings is 2. The number of aryl methyl sites for hydroxylation is 1. The molecule has 120 valence electrons. The highest BCUT2D eigenvalue weighted by Gasteiger charge is 2.01. The molecule has 0 fully saturated rings. The van der Waals surface area contributed by atoms with Crippen LogP contribution < -0.4 is 5.32 Å². The SMILES string of the molecule is CCCCCc1ccc(C(=O)/C=C/Nc2ccc(Br)cc2)cc1. The van der Waals surface area contributed by atoms with Gasteiger partial charge in [-0.15, -0.1) is 0 Å². The minimum absolute atomic E-state index is 0.00900. The molecule has 1 N–H and O–H groups in total. The second-order valence-electron chi connectivity index (χ2n) is 5.50. The third-order valence-corrected chi connectivity index (χ3v) is 4.17. The van der Waals surface area contributed by atoms with Gasteiger partial charge in [-0.05, 0) is 42.7 Å². The highest BCUT2D eigenvalue weighted by molar-refractivity contribution is 9.10. The van der Waals surface area contributed by atoms with E-state index in [4.69, 9.17) is 0 Å². The molecule has 0 radical (unpaired) electrons. The number of allylic oxidation sites excluding steroid dienone is 1. The molecule has 2 aromatic carbocycles. The maximum Gasteiger partial charge on any atom is 0.187 e. The lowest BCUT2D eigenvalue weighted by Crippen LogP contribution is -1.97. The van der Waals surface area contributed by atoms with Gasteiger partial charge >= 0.3 is 0 Å². The third-order valence-electron chi connectivity index (χ3n) is 3.64. The fourth-order valence-electron chi connectivity index (χ4n) is 2.27. The lowest BCUT2D eigenvalue weighted by molar-refractivity contribution is 0.104. The Morgan fingerprint density at radius 2 is 1.74 bits per heavy atom. The van der Waals surface area contributed by atoms with Gasteiger partial charge in [0.25, 0.3) is 0 Å². The number of rotatable bonds is 8. The van der Waals surface area contributed by atoms with Gasteiger partial charge < -0.3 is 5.32 Å². The second kappa shape index (κ2) is 9.31. The first-order valence-corrected chi connectivity index (χ1v) is 8.80. The van der Waals surface area contributed by atoms with Crippen LogP contribution in [0, 0.1) is 0 Å². The number of unbranched alkanes of at least 4 members (excludes halogenated alkanes) is 2. The van der Waals surface area contributed by atoms with Crippen LogP contribution >= 0.6 is 15.9 Å². The normalized spacial score (nSPS) is 10.9. The maximum absolute atomic E-state index is 12.1. The van der Waals surface area contributed by atoms with Crippen molar-refractivity contribution in [2.24, 2.45) is 0 Å². The van der Waals surface area contributed by atoms with E-state index in [1.165, 1.54) is 24.8 Å². The third kappa shape index (κ3) is 6.03. The van der Waals surface area contributed by atoms with E-state index in [0.717, 1.165) is 22.1 Å². The Hall–Kier alpha value is -1.87. The minimum atomic E-state index is 0.00900. The zero-order valence-corrected chi connectivity index (χ0v) is 15.0. The molecule has 0 amide bonds. The molecule has 0 aliphatic heterocycles. The van der Waals surface area contributed by atoms with Gasteiger partial charge in [-0.3, -0.25) is 4.79 Å². The van der Waals surface area contributed by atoms with Gasteiger partial charge in [0.2, 0.25) is 0 Å². The summed E-state index contributed by atoms with van der Waals surface area (Å²) in [6.45, 7) is 2.20. The van der Waals surface area contributed by atoms with Gasteiger partial charge in [0.05, 0.1) is 0 Å². The predicted octanol–water partition coefficient (Wildman–Crippen LogP) is 5.99. The number of hydrogen-bond donors (Lipinski definition) is 1. The fourth-order valence-corrected chi connectivity index (χ4v) is 2.54. The fraction of sp³-hybridized carbons (Fsp3) is 0.250. The smallest absolute Gasteiger partial charge is 0.187 e. The summed E-state index contributed by atoms with van der Waals surface area (Å²) in [7, 11) is 0. The Kier molecular flexibility index (Phi) is 7.08. The van der Waals surface area contributed by atoms with E-state index in [1.807, 2.05) is 36.4 Å². The van der Waals surface area contributed by atoms with Crippen LogP contribution in [0.15, 0.2) is 65.3 Å². The lowest BCUT2D eigenvalue weighted by atomic mass is 10.0. The molecule has 2 aromatic rings. The summed E-state index contributed by atoms with van der Waals surface area (Å²) in [5.74, 6) is 0.00900. The number of anilines is 1. The summed E-state index contributed by atoms with van der Waals surface area (Å²) in [5, 5.41) is 3.10. The molecule has 0 atom stereocenters. The van der Waals surface area contributed by atoms with Crippen LogP contribution in [0.2, 0.25) is 0 Å². The Morgan fingerprint density at radius 3 is 2.39 bits per heavy atom. The first-order valence-electron chi connectivity index (χ1n) is 8.01. The number of ketones is 1. The zero-order valence-electron chi connectivity index (χ0n) is 13.4. The van der Waals surface area contributed by atoms with Crippen molar-refractivity contribution in [3.05, 3.63) is 76.4 Å². The van der Waals surface area contributed by atoms with Crippen molar-refractivity contribution in [2.75, 3.05) is 5.32 Å². The Bertz CT molecular complexity index is 644. The molecule has 0 aromatic heterocycles. The molecule has 0 heterocycles. The molecule has 0 spiro atoms. The second-order valence-corrected chi connectivity index (χ2v) is 6.42. The number of nitrogens with one attached hydrogen (secondary N) is 1. The van der Waals surface area contributed by atoms with Crippen molar-refractivity contribution >= 4 is 27.4 Å². The molecule has 2 rings (SSSR count). The molecule has 0 aliphatic rings. The van der Waals surface area contributed by atoms with E-state index in [-0.39, 0.29) is 5.78 Å². The highest BCUT2D eigenvalue weighted by atomic mass is 79.9. The van der Waals surface area contributed by atoms with Crippen molar-refractivity contribution < 1.29 is 4.79 Å². The molecule has 0 unspecified atom stereocenters. The molecule has 0 saturated carbocycles. The van der Waals surface area contributed by atoms with Gasteiger partial charge in [-0.25, -0.2) is 0 Å². The molecule has 0 aliphatic carbocycles. The highest BCUT2D eigenvalue weighted by Crippen LogP contribution is 2.14. The number of halogens is 1. The van der Waals surface area contributed by atoms with Gasteiger partial charge in [-0.1, -0.05) is 60.0 Å². The Labute approximate surface area is 146 Å². The zero-order chi connectivity index (χ0) is 16.5. The maximum atomic E-state index is 12.1. The Balaban J connectivity index is 1.87. The summed E-state index contributed by atoms with van der Waals surface area (Å²) in [4.78, 5) is 12.1. The standard InChI is InChI=1S/C20H22BrNO/c1-2-3-4-5-16-6-8-17(9-7-16)20(23)14-15-22-19-12-10-18(21)11-13-19/h6-15,22H,2-5H2,1H3/b15-14+. The molecule has 0 bridgehead atoms. The Morgan fingerprint density at radius 1 is 1.04 bits per heavy atom. The number of hydrogen-bond acceptors (Lipinski definition) is 2. The van der Waals surface area contributed by atoms with Crippen LogP contribution in [0.25, 0.3) is 0 Å². The van der Waals surface area contributed by atoms with Crippen molar-refractivity contribution in [1.82, 2.24) is 0 Å². The van der Waals surface area contributed by atoms with Gasteiger partial charge in [0.1, 0.15) is 0 Å². The van der Waals surface area contributed by atoms with Crippen LogP contribution in [0.3, 0.4) is 0 Å². The summed E-state index contributed by atoms with van der Waals surface area (Å²) in [5.41, 5.74) is 2.97. The summed E-state index contributed by atoms with van der Waals surface area (Å²) in [6.07, 6.45) is 8.02. The average Bonchev–Trinajstić information content (AvgIpc) is 2.57. The van der Waals surface area contributed by atoms with E-state index in [1.54, 1.807) is 12.3 Å². The first kappa shape index (κ1) is 17.5. The van der Waals surface area contributed by atoms with Crippen molar-refractivity contribution in [2.45, 2.75) is 32.6 Å². The van der Waals surface area contributed by atoms with Crippen molar-refractivity contribution in [3.63, 3.8) is 0 Å². The van der Waals surface area contributed by atoms with Gasteiger partial charge in [0.15, 0.2) is 5.78 Å². The van der Waals surface area contributed by atoms with Crippen molar-refractivity contribution in [1.29, 1.82) is 0 Å². The van der Waals surface area contributed by atoms with E-state index < -0.39 is 0 Å².